The fourth-order valence-electron chi connectivity index (χ4n) is 2.13. The fraction of sp³-hybridized carbons (Fsp3) is 0.0625. The zero-order valence-electron chi connectivity index (χ0n) is 11.3. The molecule has 0 unspecified atom stereocenters. The Labute approximate surface area is 127 Å². The molecule has 0 atom stereocenters. The monoisotopic (exact) mass is 297 g/mol. The van der Waals surface area contributed by atoms with E-state index in [4.69, 9.17) is 11.6 Å². The Morgan fingerprint density at radius 2 is 1.90 bits per heavy atom. The minimum absolute atomic E-state index is 0.304. The Balaban J connectivity index is 2.22. The second kappa shape index (κ2) is 5.50. The smallest absolute Gasteiger partial charge is 0.172 e. The first-order chi connectivity index (χ1) is 10.2. The lowest BCUT2D eigenvalue weighted by molar-refractivity contribution is 0.111. The van der Waals surface area contributed by atoms with Gasteiger partial charge in [-0.15, -0.1) is 5.10 Å². The first-order valence-corrected chi connectivity index (χ1v) is 6.81. The molecule has 0 N–H and O–H groups in total. The summed E-state index contributed by atoms with van der Waals surface area (Å²) in [5, 5.41) is 8.67. The maximum atomic E-state index is 11.2. The largest absolute Gasteiger partial charge is 0.296 e. The third-order valence-electron chi connectivity index (χ3n) is 3.26. The van der Waals surface area contributed by atoms with E-state index in [2.05, 4.69) is 10.3 Å². The Morgan fingerprint density at radius 3 is 2.57 bits per heavy atom. The van der Waals surface area contributed by atoms with Crippen molar-refractivity contribution in [3.05, 3.63) is 64.8 Å². The summed E-state index contributed by atoms with van der Waals surface area (Å²) in [6.45, 7) is 1.93. The van der Waals surface area contributed by atoms with E-state index in [9.17, 15) is 4.79 Å². The van der Waals surface area contributed by atoms with Gasteiger partial charge in [0.05, 0.1) is 5.69 Å². The molecule has 0 amide bonds. The Morgan fingerprint density at radius 1 is 1.14 bits per heavy atom. The molecule has 1 aromatic heterocycles. The molecule has 5 heteroatoms. The molecule has 0 aliphatic heterocycles. The minimum atomic E-state index is 0.304. The van der Waals surface area contributed by atoms with Gasteiger partial charge in [0.2, 0.25) is 0 Å². The molecular weight excluding hydrogens is 286 g/mol. The molecule has 21 heavy (non-hydrogen) atoms. The number of rotatable bonds is 3. The number of benzene rings is 2. The number of aryl methyl sites for hydroxylation is 1. The van der Waals surface area contributed by atoms with Crippen molar-refractivity contribution in [2.45, 2.75) is 6.92 Å². The SMILES string of the molecule is Cc1ccc(-n2nnc(C=O)c2-c2ccccc2)cc1Cl. The van der Waals surface area contributed by atoms with Gasteiger partial charge in [0, 0.05) is 10.6 Å². The van der Waals surface area contributed by atoms with Gasteiger partial charge in [-0.2, -0.15) is 0 Å². The standard InChI is InChI=1S/C16H12ClN3O/c1-11-7-8-13(9-14(11)17)20-16(15(10-21)18-19-20)12-5-3-2-4-6-12/h2-10H,1H3. The van der Waals surface area contributed by atoms with Crippen LogP contribution in [0.15, 0.2) is 48.5 Å². The van der Waals surface area contributed by atoms with E-state index in [1.807, 2.05) is 55.5 Å². The Hall–Kier alpha value is -2.46. The van der Waals surface area contributed by atoms with Crippen molar-refractivity contribution in [1.29, 1.82) is 0 Å². The van der Waals surface area contributed by atoms with E-state index in [-0.39, 0.29) is 0 Å². The highest BCUT2D eigenvalue weighted by Crippen LogP contribution is 2.26. The second-order valence-electron chi connectivity index (χ2n) is 4.65. The number of nitrogens with zero attached hydrogens (tertiary/aromatic N) is 3. The van der Waals surface area contributed by atoms with E-state index < -0.39 is 0 Å². The highest BCUT2D eigenvalue weighted by Gasteiger charge is 2.16. The average Bonchev–Trinajstić information content (AvgIpc) is 2.95. The highest BCUT2D eigenvalue weighted by atomic mass is 35.5. The van der Waals surface area contributed by atoms with E-state index in [1.54, 1.807) is 4.68 Å². The quantitative estimate of drug-likeness (QED) is 0.692. The molecule has 104 valence electrons. The number of hydrogen-bond donors (Lipinski definition) is 0. The van der Waals surface area contributed by atoms with Crippen LogP contribution in [-0.4, -0.2) is 21.3 Å². The molecule has 0 saturated heterocycles. The number of aromatic nitrogens is 3. The summed E-state index contributed by atoms with van der Waals surface area (Å²) in [6, 6.07) is 15.2. The van der Waals surface area contributed by atoms with Crippen LogP contribution < -0.4 is 0 Å². The van der Waals surface area contributed by atoms with Gasteiger partial charge in [-0.05, 0) is 24.6 Å². The van der Waals surface area contributed by atoms with Crippen LogP contribution in [0, 0.1) is 6.92 Å². The lowest BCUT2D eigenvalue weighted by Crippen LogP contribution is -2.00. The van der Waals surface area contributed by atoms with Crippen LogP contribution in [0.1, 0.15) is 16.1 Å². The Kier molecular flexibility index (Phi) is 3.54. The summed E-state index contributed by atoms with van der Waals surface area (Å²) in [5.74, 6) is 0. The van der Waals surface area contributed by atoms with Crippen molar-refractivity contribution in [2.24, 2.45) is 0 Å². The van der Waals surface area contributed by atoms with Gasteiger partial charge in [0.1, 0.15) is 5.69 Å². The van der Waals surface area contributed by atoms with Crippen LogP contribution >= 0.6 is 11.6 Å². The normalized spacial score (nSPS) is 10.6. The van der Waals surface area contributed by atoms with Crippen molar-refractivity contribution < 1.29 is 4.79 Å². The molecule has 4 nitrogen and oxygen atoms in total. The van der Waals surface area contributed by atoms with Gasteiger partial charge >= 0.3 is 0 Å². The molecule has 3 aromatic rings. The Bertz CT molecular complexity index is 797. The van der Waals surface area contributed by atoms with Crippen molar-refractivity contribution in [3.8, 4) is 16.9 Å². The van der Waals surface area contributed by atoms with Crippen LogP contribution in [0.5, 0.6) is 0 Å². The summed E-state index contributed by atoms with van der Waals surface area (Å²) in [6.07, 6.45) is 0.710. The average molecular weight is 298 g/mol. The zero-order chi connectivity index (χ0) is 14.8. The topological polar surface area (TPSA) is 47.8 Å². The van der Waals surface area contributed by atoms with Crippen molar-refractivity contribution in [2.75, 3.05) is 0 Å². The maximum Gasteiger partial charge on any atom is 0.172 e. The third-order valence-corrected chi connectivity index (χ3v) is 3.66. The summed E-state index contributed by atoms with van der Waals surface area (Å²) >= 11 is 6.17. The third kappa shape index (κ3) is 2.45. The molecule has 0 bridgehead atoms. The number of hydrogen-bond acceptors (Lipinski definition) is 3. The fourth-order valence-corrected chi connectivity index (χ4v) is 2.31. The molecular formula is C16H12ClN3O. The molecule has 0 fully saturated rings. The van der Waals surface area contributed by atoms with Crippen LogP contribution in [0.4, 0.5) is 0 Å². The van der Waals surface area contributed by atoms with E-state index >= 15 is 0 Å². The lowest BCUT2D eigenvalue weighted by atomic mass is 10.1. The van der Waals surface area contributed by atoms with Crippen LogP contribution in [0.25, 0.3) is 16.9 Å². The number of halogens is 1. The molecule has 0 aliphatic rings. The molecule has 0 radical (unpaired) electrons. The highest BCUT2D eigenvalue weighted by molar-refractivity contribution is 6.31. The van der Waals surface area contributed by atoms with Gasteiger partial charge in [-0.1, -0.05) is 53.2 Å². The van der Waals surface area contributed by atoms with Crippen LogP contribution in [0.3, 0.4) is 0 Å². The van der Waals surface area contributed by atoms with E-state index in [0.29, 0.717) is 22.7 Å². The molecule has 0 spiro atoms. The van der Waals surface area contributed by atoms with Gasteiger partial charge in [0.15, 0.2) is 12.0 Å². The molecule has 1 heterocycles. The van der Waals surface area contributed by atoms with Gasteiger partial charge in [-0.3, -0.25) is 4.79 Å². The van der Waals surface area contributed by atoms with Crippen LogP contribution in [0.2, 0.25) is 5.02 Å². The molecule has 2 aromatic carbocycles. The number of aldehydes is 1. The molecule has 0 saturated carbocycles. The molecule has 3 rings (SSSR count). The summed E-state index contributed by atoms with van der Waals surface area (Å²) in [7, 11) is 0. The summed E-state index contributed by atoms with van der Waals surface area (Å²) in [5.41, 5.74) is 3.59. The number of carbonyl (C=O) groups excluding carboxylic acids is 1. The van der Waals surface area contributed by atoms with Gasteiger partial charge < -0.3 is 0 Å². The van der Waals surface area contributed by atoms with Crippen molar-refractivity contribution in [3.63, 3.8) is 0 Å². The first-order valence-electron chi connectivity index (χ1n) is 6.43. The first kappa shape index (κ1) is 13.5. The summed E-state index contributed by atoms with van der Waals surface area (Å²) in [4.78, 5) is 11.2. The predicted molar refractivity (Wildman–Crippen MR) is 81.9 cm³/mol. The second-order valence-corrected chi connectivity index (χ2v) is 5.06. The maximum absolute atomic E-state index is 11.2. The van der Waals surface area contributed by atoms with E-state index in [0.717, 1.165) is 16.8 Å². The predicted octanol–water partition coefficient (Wildman–Crippen LogP) is 3.71. The van der Waals surface area contributed by atoms with Crippen LogP contribution in [-0.2, 0) is 0 Å². The van der Waals surface area contributed by atoms with Gasteiger partial charge in [0.25, 0.3) is 0 Å². The van der Waals surface area contributed by atoms with Crippen molar-refractivity contribution in [1.82, 2.24) is 15.0 Å². The van der Waals surface area contributed by atoms with E-state index in [1.165, 1.54) is 0 Å². The zero-order valence-corrected chi connectivity index (χ0v) is 12.1. The molecule has 0 aliphatic carbocycles. The van der Waals surface area contributed by atoms with Gasteiger partial charge in [-0.25, -0.2) is 4.68 Å². The lowest BCUT2D eigenvalue weighted by Gasteiger charge is -2.08. The van der Waals surface area contributed by atoms with Crippen molar-refractivity contribution >= 4 is 17.9 Å². The summed E-state index contributed by atoms with van der Waals surface area (Å²) < 4.78 is 1.63. The number of carbonyl (C=O) groups is 1. The minimum Gasteiger partial charge on any atom is -0.296 e.